The average Bonchev–Trinajstić information content (AvgIpc) is 3.06. The molecule has 25 heavy (non-hydrogen) atoms. The Balaban J connectivity index is 1.58. The molecule has 1 aliphatic rings. The van der Waals surface area contributed by atoms with Crippen LogP contribution in [0.15, 0.2) is 28.7 Å². The Morgan fingerprint density at radius 3 is 2.72 bits per heavy atom. The number of amides is 1. The summed E-state index contributed by atoms with van der Waals surface area (Å²) >= 11 is 0. The van der Waals surface area contributed by atoms with Crippen LogP contribution in [0.5, 0.6) is 0 Å². The number of rotatable bonds is 5. The SMILES string of the molecule is Cc1ccc(C(=O)NCCc2nc(C#N)c(N3CCOCC3)o2)cc1. The Kier molecular flexibility index (Phi) is 5.31. The van der Waals surface area contributed by atoms with Gasteiger partial charge in [-0.15, -0.1) is 0 Å². The summed E-state index contributed by atoms with van der Waals surface area (Å²) in [5, 5.41) is 12.1. The minimum atomic E-state index is -0.138. The van der Waals surface area contributed by atoms with Crippen molar-refractivity contribution in [3.05, 3.63) is 47.0 Å². The molecule has 1 aliphatic heterocycles. The summed E-state index contributed by atoms with van der Waals surface area (Å²) in [4.78, 5) is 18.3. The van der Waals surface area contributed by atoms with Crippen molar-refractivity contribution in [1.29, 1.82) is 5.26 Å². The molecule has 130 valence electrons. The topological polar surface area (TPSA) is 91.4 Å². The number of nitrogens with one attached hydrogen (secondary N) is 1. The van der Waals surface area contributed by atoms with Crippen molar-refractivity contribution in [3.8, 4) is 6.07 Å². The zero-order valence-electron chi connectivity index (χ0n) is 14.1. The van der Waals surface area contributed by atoms with Crippen LogP contribution in [0, 0.1) is 18.3 Å². The zero-order chi connectivity index (χ0) is 17.6. The van der Waals surface area contributed by atoms with E-state index < -0.39 is 0 Å². The second-order valence-electron chi connectivity index (χ2n) is 5.84. The molecule has 1 N–H and O–H groups in total. The molecule has 1 fully saturated rings. The summed E-state index contributed by atoms with van der Waals surface area (Å²) in [6.07, 6.45) is 0.427. The van der Waals surface area contributed by atoms with Crippen LogP contribution < -0.4 is 10.2 Å². The van der Waals surface area contributed by atoms with Crippen LogP contribution in [0.3, 0.4) is 0 Å². The smallest absolute Gasteiger partial charge is 0.251 e. The third-order valence-corrected chi connectivity index (χ3v) is 4.00. The van der Waals surface area contributed by atoms with Gasteiger partial charge >= 0.3 is 0 Å². The van der Waals surface area contributed by atoms with Gasteiger partial charge in [0.05, 0.1) is 13.2 Å². The Morgan fingerprint density at radius 2 is 2.04 bits per heavy atom. The first kappa shape index (κ1) is 17.0. The van der Waals surface area contributed by atoms with Gasteiger partial charge in [0.2, 0.25) is 11.6 Å². The third-order valence-electron chi connectivity index (χ3n) is 4.00. The van der Waals surface area contributed by atoms with E-state index in [0.29, 0.717) is 56.6 Å². The van der Waals surface area contributed by atoms with E-state index in [1.807, 2.05) is 24.0 Å². The first-order valence-corrected chi connectivity index (χ1v) is 8.25. The first-order valence-electron chi connectivity index (χ1n) is 8.25. The largest absolute Gasteiger partial charge is 0.424 e. The van der Waals surface area contributed by atoms with Crippen LogP contribution in [0.25, 0.3) is 0 Å². The van der Waals surface area contributed by atoms with Crippen LogP contribution >= 0.6 is 0 Å². The molecule has 7 nitrogen and oxygen atoms in total. The minimum Gasteiger partial charge on any atom is -0.424 e. The number of hydrogen-bond donors (Lipinski definition) is 1. The number of carbonyl (C=O) groups excluding carboxylic acids is 1. The number of nitrogens with zero attached hydrogens (tertiary/aromatic N) is 3. The number of morpholine rings is 1. The van der Waals surface area contributed by atoms with E-state index in [-0.39, 0.29) is 11.6 Å². The number of oxazole rings is 1. The highest BCUT2D eigenvalue weighted by Gasteiger charge is 2.21. The van der Waals surface area contributed by atoms with E-state index in [1.54, 1.807) is 12.1 Å². The fraction of sp³-hybridized carbons (Fsp3) is 0.389. The molecule has 0 aliphatic carbocycles. The van der Waals surface area contributed by atoms with Gasteiger partial charge < -0.3 is 19.4 Å². The lowest BCUT2D eigenvalue weighted by molar-refractivity contribution is 0.0953. The molecule has 7 heteroatoms. The molecule has 0 atom stereocenters. The van der Waals surface area contributed by atoms with Gasteiger partial charge in [-0.3, -0.25) is 4.79 Å². The maximum atomic E-state index is 12.1. The van der Waals surface area contributed by atoms with Crippen molar-refractivity contribution in [1.82, 2.24) is 10.3 Å². The maximum Gasteiger partial charge on any atom is 0.251 e. The van der Waals surface area contributed by atoms with Crippen molar-refractivity contribution < 1.29 is 13.9 Å². The van der Waals surface area contributed by atoms with Crippen molar-refractivity contribution in [2.24, 2.45) is 0 Å². The Morgan fingerprint density at radius 1 is 1.32 bits per heavy atom. The molecule has 0 spiro atoms. The van der Waals surface area contributed by atoms with Crippen molar-refractivity contribution >= 4 is 11.8 Å². The molecule has 0 bridgehead atoms. The summed E-state index contributed by atoms with van der Waals surface area (Å²) in [6.45, 7) is 4.92. The second kappa shape index (κ2) is 7.81. The highest BCUT2D eigenvalue weighted by Crippen LogP contribution is 2.22. The number of carbonyl (C=O) groups is 1. The predicted molar refractivity (Wildman–Crippen MR) is 91.5 cm³/mol. The maximum absolute atomic E-state index is 12.1. The monoisotopic (exact) mass is 340 g/mol. The number of nitriles is 1. The van der Waals surface area contributed by atoms with Gasteiger partial charge in [-0.1, -0.05) is 17.7 Å². The molecule has 0 saturated carbocycles. The van der Waals surface area contributed by atoms with Crippen LogP contribution in [0.4, 0.5) is 5.88 Å². The van der Waals surface area contributed by atoms with E-state index in [1.165, 1.54) is 0 Å². The summed E-state index contributed by atoms with van der Waals surface area (Å²) in [6, 6.07) is 9.45. The van der Waals surface area contributed by atoms with Crippen LogP contribution in [0.1, 0.15) is 27.5 Å². The van der Waals surface area contributed by atoms with Gasteiger partial charge in [0, 0.05) is 31.6 Å². The third kappa shape index (κ3) is 4.17. The molecule has 0 unspecified atom stereocenters. The molecule has 1 aromatic carbocycles. The molecule has 2 aromatic rings. The first-order chi connectivity index (χ1) is 12.2. The minimum absolute atomic E-state index is 0.138. The molecule has 0 radical (unpaired) electrons. The number of anilines is 1. The fourth-order valence-corrected chi connectivity index (χ4v) is 2.61. The van der Waals surface area contributed by atoms with Crippen molar-refractivity contribution in [3.63, 3.8) is 0 Å². The standard InChI is InChI=1S/C18H20N4O3/c1-13-2-4-14(5-3-13)17(23)20-7-6-16-21-15(12-19)18(25-16)22-8-10-24-11-9-22/h2-5H,6-11H2,1H3,(H,20,23). The van der Waals surface area contributed by atoms with Crippen molar-refractivity contribution in [2.45, 2.75) is 13.3 Å². The lowest BCUT2D eigenvalue weighted by Gasteiger charge is -2.25. The lowest BCUT2D eigenvalue weighted by Crippen LogP contribution is -2.36. The number of ether oxygens (including phenoxy) is 1. The second-order valence-corrected chi connectivity index (χ2v) is 5.84. The number of hydrogen-bond acceptors (Lipinski definition) is 6. The quantitative estimate of drug-likeness (QED) is 0.890. The van der Waals surface area contributed by atoms with Crippen LogP contribution in [0.2, 0.25) is 0 Å². The molecule has 1 aromatic heterocycles. The van der Waals surface area contributed by atoms with E-state index in [2.05, 4.69) is 16.4 Å². The molecular weight excluding hydrogens is 320 g/mol. The highest BCUT2D eigenvalue weighted by molar-refractivity contribution is 5.94. The number of aryl methyl sites for hydroxylation is 1. The summed E-state index contributed by atoms with van der Waals surface area (Å²) in [7, 11) is 0. The number of benzene rings is 1. The predicted octanol–water partition coefficient (Wildman–Crippen LogP) is 1.66. The van der Waals surface area contributed by atoms with E-state index in [9.17, 15) is 10.1 Å². The van der Waals surface area contributed by atoms with Gasteiger partial charge in [0.25, 0.3) is 5.91 Å². The van der Waals surface area contributed by atoms with E-state index in [0.717, 1.165) is 5.56 Å². The summed E-state index contributed by atoms with van der Waals surface area (Å²) < 4.78 is 11.0. The van der Waals surface area contributed by atoms with Gasteiger partial charge in [-0.05, 0) is 19.1 Å². The van der Waals surface area contributed by atoms with Gasteiger partial charge in [0.1, 0.15) is 6.07 Å². The van der Waals surface area contributed by atoms with Crippen LogP contribution in [-0.4, -0.2) is 43.7 Å². The van der Waals surface area contributed by atoms with Crippen LogP contribution in [-0.2, 0) is 11.2 Å². The Labute approximate surface area is 146 Å². The lowest BCUT2D eigenvalue weighted by atomic mass is 10.1. The summed E-state index contributed by atoms with van der Waals surface area (Å²) in [5.41, 5.74) is 2.00. The molecule has 1 saturated heterocycles. The molecular formula is C18H20N4O3. The van der Waals surface area contributed by atoms with E-state index in [4.69, 9.17) is 9.15 Å². The number of aromatic nitrogens is 1. The molecule has 1 amide bonds. The van der Waals surface area contributed by atoms with Gasteiger partial charge in [-0.25, -0.2) is 4.98 Å². The normalized spacial score (nSPS) is 14.2. The van der Waals surface area contributed by atoms with E-state index >= 15 is 0 Å². The highest BCUT2D eigenvalue weighted by atomic mass is 16.5. The fourth-order valence-electron chi connectivity index (χ4n) is 2.61. The Hall–Kier alpha value is -2.85. The molecule has 2 heterocycles. The Bertz CT molecular complexity index is 771. The van der Waals surface area contributed by atoms with Crippen molar-refractivity contribution in [2.75, 3.05) is 37.7 Å². The zero-order valence-corrected chi connectivity index (χ0v) is 14.1. The summed E-state index contributed by atoms with van der Waals surface area (Å²) in [5.74, 6) is 0.799. The average molecular weight is 340 g/mol. The molecule has 3 rings (SSSR count). The van der Waals surface area contributed by atoms with Gasteiger partial charge in [0.15, 0.2) is 5.89 Å². The van der Waals surface area contributed by atoms with Gasteiger partial charge in [-0.2, -0.15) is 5.26 Å².